The zero-order chi connectivity index (χ0) is 15.1. The first-order chi connectivity index (χ1) is 9.18. The summed E-state index contributed by atoms with van der Waals surface area (Å²) < 4.78 is 17.5. The average molecular weight is 277 g/mol. The lowest BCUT2D eigenvalue weighted by Gasteiger charge is -2.32. The molecule has 1 fully saturated rings. The lowest BCUT2D eigenvalue weighted by molar-refractivity contribution is 0.00578. The molecule has 0 radical (unpaired) electrons. The van der Waals surface area contributed by atoms with Crippen LogP contribution in [-0.2, 0) is 9.31 Å². The molecule has 110 valence electrons. The highest BCUT2D eigenvalue weighted by molar-refractivity contribution is 6.62. The minimum absolute atomic E-state index is 0.324. The van der Waals surface area contributed by atoms with E-state index in [-0.39, 0.29) is 18.3 Å². The van der Waals surface area contributed by atoms with Crippen LogP contribution >= 0.6 is 0 Å². The van der Waals surface area contributed by atoms with Crippen LogP contribution in [-0.4, -0.2) is 39.5 Å². The Morgan fingerprint density at radius 1 is 1.05 bits per heavy atom. The zero-order valence-corrected chi connectivity index (χ0v) is 13.5. The molecular formula is C15H24BNO3. The summed E-state index contributed by atoms with van der Waals surface area (Å²) in [6.07, 6.45) is 0. The Kier molecular flexibility index (Phi) is 3.78. The molecule has 4 nitrogen and oxygen atoms in total. The SMILES string of the molecule is COc1ccc(B2OC(C)(C)C(C)(C)O2)cc1N(C)C. The summed E-state index contributed by atoms with van der Waals surface area (Å²) in [5.74, 6) is 0.843. The van der Waals surface area contributed by atoms with Gasteiger partial charge in [0, 0.05) is 14.1 Å². The molecule has 0 aromatic heterocycles. The van der Waals surface area contributed by atoms with Crippen LogP contribution in [0.5, 0.6) is 5.75 Å². The summed E-state index contributed by atoms with van der Waals surface area (Å²) in [5.41, 5.74) is 1.37. The molecular weight excluding hydrogens is 253 g/mol. The molecule has 0 N–H and O–H groups in total. The fourth-order valence-electron chi connectivity index (χ4n) is 2.18. The molecule has 0 unspecified atom stereocenters. The van der Waals surface area contributed by atoms with Crippen LogP contribution < -0.4 is 15.1 Å². The minimum Gasteiger partial charge on any atom is -0.495 e. The monoisotopic (exact) mass is 277 g/mol. The lowest BCUT2D eigenvalue weighted by atomic mass is 9.79. The Morgan fingerprint density at radius 3 is 2.05 bits per heavy atom. The average Bonchev–Trinajstić information content (AvgIpc) is 2.57. The first-order valence-electron chi connectivity index (χ1n) is 6.89. The van der Waals surface area contributed by atoms with Crippen LogP contribution in [0.25, 0.3) is 0 Å². The van der Waals surface area contributed by atoms with Crippen LogP contribution in [0.2, 0.25) is 0 Å². The van der Waals surface area contributed by atoms with Crippen molar-refractivity contribution in [1.29, 1.82) is 0 Å². The van der Waals surface area contributed by atoms with E-state index in [4.69, 9.17) is 14.0 Å². The number of nitrogens with zero attached hydrogens (tertiary/aromatic N) is 1. The standard InChI is InChI=1S/C15H24BNO3/c1-14(2)15(3,4)20-16(19-14)11-8-9-13(18-7)12(10-11)17(5)6/h8-10H,1-7H3. The van der Waals surface area contributed by atoms with E-state index in [1.807, 2.05) is 31.1 Å². The Bertz CT molecular complexity index is 484. The van der Waals surface area contributed by atoms with Crippen molar-refractivity contribution in [3.05, 3.63) is 18.2 Å². The third-order valence-corrected chi connectivity index (χ3v) is 4.21. The number of benzene rings is 1. The first kappa shape index (κ1) is 15.2. The predicted octanol–water partition coefficient (Wildman–Crippen LogP) is 2.06. The summed E-state index contributed by atoms with van der Waals surface area (Å²) in [4.78, 5) is 2.02. The van der Waals surface area contributed by atoms with Gasteiger partial charge in [-0.3, -0.25) is 0 Å². The molecule has 1 aliphatic heterocycles. The Labute approximate surface area is 122 Å². The van der Waals surface area contributed by atoms with E-state index >= 15 is 0 Å². The normalized spacial score (nSPS) is 20.1. The van der Waals surface area contributed by atoms with Crippen molar-refractivity contribution < 1.29 is 14.0 Å². The van der Waals surface area contributed by atoms with Gasteiger partial charge in [0.05, 0.1) is 24.0 Å². The van der Waals surface area contributed by atoms with Gasteiger partial charge in [-0.25, -0.2) is 0 Å². The molecule has 1 saturated heterocycles. The van der Waals surface area contributed by atoms with Crippen LogP contribution in [0, 0.1) is 0 Å². The Morgan fingerprint density at radius 2 is 1.60 bits per heavy atom. The summed E-state index contributed by atoms with van der Waals surface area (Å²) in [6, 6.07) is 6.00. The van der Waals surface area contributed by atoms with E-state index in [9.17, 15) is 0 Å². The van der Waals surface area contributed by atoms with Crippen molar-refractivity contribution in [2.24, 2.45) is 0 Å². The van der Waals surface area contributed by atoms with Gasteiger partial charge in [0.2, 0.25) is 0 Å². The van der Waals surface area contributed by atoms with Gasteiger partial charge in [0.15, 0.2) is 0 Å². The second-order valence-electron chi connectivity index (χ2n) is 6.41. The van der Waals surface area contributed by atoms with Crippen LogP contribution in [0.3, 0.4) is 0 Å². The van der Waals surface area contributed by atoms with Crippen LogP contribution in [0.1, 0.15) is 27.7 Å². The van der Waals surface area contributed by atoms with Gasteiger partial charge in [-0.05, 0) is 45.3 Å². The van der Waals surface area contributed by atoms with Crippen molar-refractivity contribution in [2.45, 2.75) is 38.9 Å². The summed E-state index contributed by atoms with van der Waals surface area (Å²) in [6.45, 7) is 8.24. The second-order valence-corrected chi connectivity index (χ2v) is 6.41. The molecule has 0 bridgehead atoms. The number of methoxy groups -OCH3 is 1. The van der Waals surface area contributed by atoms with E-state index in [1.165, 1.54) is 0 Å². The smallest absolute Gasteiger partial charge is 0.494 e. The maximum absolute atomic E-state index is 6.08. The molecule has 20 heavy (non-hydrogen) atoms. The highest BCUT2D eigenvalue weighted by atomic mass is 16.7. The summed E-state index contributed by atoms with van der Waals surface area (Å²) in [7, 11) is 5.32. The third-order valence-electron chi connectivity index (χ3n) is 4.21. The third kappa shape index (κ3) is 2.52. The highest BCUT2D eigenvalue weighted by Crippen LogP contribution is 2.37. The fourth-order valence-corrected chi connectivity index (χ4v) is 2.18. The van der Waals surface area contributed by atoms with Crippen molar-refractivity contribution in [1.82, 2.24) is 0 Å². The van der Waals surface area contributed by atoms with E-state index < -0.39 is 0 Å². The van der Waals surface area contributed by atoms with Crippen molar-refractivity contribution in [3.8, 4) is 5.75 Å². The van der Waals surface area contributed by atoms with E-state index in [1.54, 1.807) is 7.11 Å². The van der Waals surface area contributed by atoms with Crippen LogP contribution in [0.4, 0.5) is 5.69 Å². The Balaban J connectivity index is 2.34. The molecule has 0 spiro atoms. The molecule has 0 atom stereocenters. The molecule has 0 aliphatic carbocycles. The number of hydrogen-bond acceptors (Lipinski definition) is 4. The summed E-state index contributed by atoms with van der Waals surface area (Å²) >= 11 is 0. The maximum Gasteiger partial charge on any atom is 0.494 e. The van der Waals surface area contributed by atoms with E-state index in [0.717, 1.165) is 16.9 Å². The second kappa shape index (κ2) is 4.97. The van der Waals surface area contributed by atoms with Crippen molar-refractivity contribution in [2.75, 3.05) is 26.1 Å². The van der Waals surface area contributed by atoms with Gasteiger partial charge in [0.1, 0.15) is 5.75 Å². The summed E-state index contributed by atoms with van der Waals surface area (Å²) in [5, 5.41) is 0. The predicted molar refractivity (Wildman–Crippen MR) is 83.0 cm³/mol. The van der Waals surface area contributed by atoms with Gasteiger partial charge < -0.3 is 18.9 Å². The molecule has 1 aromatic carbocycles. The number of hydrogen-bond donors (Lipinski definition) is 0. The van der Waals surface area contributed by atoms with Gasteiger partial charge in [-0.2, -0.15) is 0 Å². The molecule has 1 aliphatic rings. The molecule has 1 aromatic rings. The molecule has 0 amide bonds. The number of ether oxygens (including phenoxy) is 1. The minimum atomic E-state index is -0.343. The Hall–Kier alpha value is -1.20. The topological polar surface area (TPSA) is 30.9 Å². The highest BCUT2D eigenvalue weighted by Gasteiger charge is 2.51. The van der Waals surface area contributed by atoms with Crippen LogP contribution in [0.15, 0.2) is 18.2 Å². The largest absolute Gasteiger partial charge is 0.495 e. The number of rotatable bonds is 3. The molecule has 0 saturated carbocycles. The van der Waals surface area contributed by atoms with Gasteiger partial charge >= 0.3 is 7.12 Å². The van der Waals surface area contributed by atoms with Crippen molar-refractivity contribution in [3.63, 3.8) is 0 Å². The van der Waals surface area contributed by atoms with Gasteiger partial charge in [-0.15, -0.1) is 0 Å². The maximum atomic E-state index is 6.08. The number of anilines is 1. The quantitative estimate of drug-likeness (QED) is 0.791. The first-order valence-corrected chi connectivity index (χ1v) is 6.89. The fraction of sp³-hybridized carbons (Fsp3) is 0.600. The van der Waals surface area contributed by atoms with E-state index in [2.05, 4.69) is 33.8 Å². The van der Waals surface area contributed by atoms with E-state index in [0.29, 0.717) is 0 Å². The van der Waals surface area contributed by atoms with Crippen molar-refractivity contribution >= 4 is 18.3 Å². The van der Waals surface area contributed by atoms with Gasteiger partial charge in [-0.1, -0.05) is 6.07 Å². The lowest BCUT2D eigenvalue weighted by Crippen LogP contribution is -2.41. The zero-order valence-electron chi connectivity index (χ0n) is 13.5. The molecule has 1 heterocycles. The van der Waals surface area contributed by atoms with Gasteiger partial charge in [0.25, 0.3) is 0 Å². The molecule has 2 rings (SSSR count). The molecule has 5 heteroatoms.